The number of benzene rings is 1. The fourth-order valence-corrected chi connectivity index (χ4v) is 3.09. The average molecular weight is 272 g/mol. The number of anilines is 1. The lowest BCUT2D eigenvalue weighted by atomic mass is 10.0. The molecule has 1 fully saturated rings. The molecule has 1 saturated heterocycles. The van der Waals surface area contributed by atoms with Crippen molar-refractivity contribution in [2.45, 2.75) is 32.7 Å². The standard InChI is InChI=1S/C16H24N4/c1-12(2)11-20-8-6-13(7-9-20)18-15-4-3-5-16-14(15)10-17-19-16/h3-5,10,12-13,18H,6-9,11H2,1-2H3,(H,17,19). The first kappa shape index (κ1) is 13.4. The molecule has 0 aliphatic carbocycles. The van der Waals surface area contributed by atoms with Crippen molar-refractivity contribution < 1.29 is 0 Å². The Morgan fingerprint density at radius 3 is 2.90 bits per heavy atom. The molecule has 2 heterocycles. The SMILES string of the molecule is CC(C)CN1CCC(Nc2cccc3[nH]ncc23)CC1. The van der Waals surface area contributed by atoms with Gasteiger partial charge in [0.1, 0.15) is 0 Å². The van der Waals surface area contributed by atoms with Crippen LogP contribution in [-0.4, -0.2) is 40.8 Å². The molecule has 0 radical (unpaired) electrons. The zero-order valence-corrected chi connectivity index (χ0v) is 12.4. The molecule has 0 bridgehead atoms. The van der Waals surface area contributed by atoms with E-state index < -0.39 is 0 Å². The van der Waals surface area contributed by atoms with E-state index in [9.17, 15) is 0 Å². The third-order valence-electron chi connectivity index (χ3n) is 4.06. The Morgan fingerprint density at radius 1 is 1.35 bits per heavy atom. The summed E-state index contributed by atoms with van der Waals surface area (Å²) in [6.07, 6.45) is 4.35. The van der Waals surface area contributed by atoms with Gasteiger partial charge in [-0.1, -0.05) is 19.9 Å². The van der Waals surface area contributed by atoms with Crippen LogP contribution in [-0.2, 0) is 0 Å². The number of likely N-dealkylation sites (tertiary alicyclic amines) is 1. The highest BCUT2D eigenvalue weighted by molar-refractivity contribution is 5.90. The van der Waals surface area contributed by atoms with Crippen LogP contribution in [0.4, 0.5) is 5.69 Å². The minimum atomic E-state index is 0.582. The number of fused-ring (bicyclic) bond motifs is 1. The third-order valence-corrected chi connectivity index (χ3v) is 4.06. The van der Waals surface area contributed by atoms with Crippen molar-refractivity contribution in [3.8, 4) is 0 Å². The molecule has 2 aromatic rings. The number of nitrogens with zero attached hydrogens (tertiary/aromatic N) is 2. The lowest BCUT2D eigenvalue weighted by molar-refractivity contribution is 0.198. The van der Waals surface area contributed by atoms with Gasteiger partial charge in [-0.15, -0.1) is 0 Å². The van der Waals surface area contributed by atoms with E-state index in [1.807, 2.05) is 6.20 Å². The zero-order chi connectivity index (χ0) is 13.9. The second-order valence-electron chi connectivity index (χ2n) is 6.25. The van der Waals surface area contributed by atoms with Crippen molar-refractivity contribution in [2.75, 3.05) is 25.0 Å². The molecule has 108 valence electrons. The second-order valence-corrected chi connectivity index (χ2v) is 6.25. The van der Waals surface area contributed by atoms with Crippen LogP contribution in [0.2, 0.25) is 0 Å². The highest BCUT2D eigenvalue weighted by Crippen LogP contribution is 2.24. The largest absolute Gasteiger partial charge is 0.382 e. The molecule has 1 aromatic carbocycles. The summed E-state index contributed by atoms with van der Waals surface area (Å²) in [6, 6.07) is 6.88. The van der Waals surface area contributed by atoms with Crippen molar-refractivity contribution in [3.05, 3.63) is 24.4 Å². The maximum atomic E-state index is 4.13. The van der Waals surface area contributed by atoms with Gasteiger partial charge in [0.25, 0.3) is 0 Å². The van der Waals surface area contributed by atoms with E-state index in [1.165, 1.54) is 43.5 Å². The van der Waals surface area contributed by atoms with Gasteiger partial charge in [0, 0.05) is 36.7 Å². The van der Waals surface area contributed by atoms with Crippen LogP contribution in [0, 0.1) is 5.92 Å². The van der Waals surface area contributed by atoms with Crippen LogP contribution in [0.15, 0.2) is 24.4 Å². The van der Waals surface area contributed by atoms with Crippen LogP contribution >= 0.6 is 0 Å². The number of nitrogens with one attached hydrogen (secondary N) is 2. The Kier molecular flexibility index (Phi) is 3.92. The lowest BCUT2D eigenvalue weighted by Gasteiger charge is -2.33. The Bertz CT molecular complexity index is 552. The van der Waals surface area contributed by atoms with Crippen LogP contribution in [0.5, 0.6) is 0 Å². The first-order chi connectivity index (χ1) is 9.72. The normalized spacial score (nSPS) is 17.9. The molecule has 1 aliphatic rings. The van der Waals surface area contributed by atoms with E-state index in [0.717, 1.165) is 11.4 Å². The summed E-state index contributed by atoms with van der Waals surface area (Å²) >= 11 is 0. The molecule has 4 heteroatoms. The van der Waals surface area contributed by atoms with E-state index in [2.05, 4.69) is 52.5 Å². The smallest absolute Gasteiger partial charge is 0.0671 e. The molecule has 1 aromatic heterocycles. The van der Waals surface area contributed by atoms with Gasteiger partial charge in [0.05, 0.1) is 11.7 Å². The molecule has 2 N–H and O–H groups in total. The zero-order valence-electron chi connectivity index (χ0n) is 12.4. The van der Waals surface area contributed by atoms with E-state index in [-0.39, 0.29) is 0 Å². The van der Waals surface area contributed by atoms with Gasteiger partial charge in [-0.25, -0.2) is 0 Å². The molecule has 1 aliphatic heterocycles. The topological polar surface area (TPSA) is 44.0 Å². The number of aromatic amines is 1. The van der Waals surface area contributed by atoms with Gasteiger partial charge in [0.15, 0.2) is 0 Å². The first-order valence-corrected chi connectivity index (χ1v) is 7.63. The number of piperidine rings is 1. The van der Waals surface area contributed by atoms with Crippen LogP contribution in [0.25, 0.3) is 10.9 Å². The van der Waals surface area contributed by atoms with Gasteiger partial charge < -0.3 is 10.2 Å². The monoisotopic (exact) mass is 272 g/mol. The van der Waals surface area contributed by atoms with Gasteiger partial charge in [-0.05, 0) is 30.9 Å². The van der Waals surface area contributed by atoms with E-state index in [0.29, 0.717) is 6.04 Å². The molecule has 20 heavy (non-hydrogen) atoms. The summed E-state index contributed by atoms with van der Waals surface area (Å²) in [7, 11) is 0. The fourth-order valence-electron chi connectivity index (χ4n) is 3.09. The number of rotatable bonds is 4. The highest BCUT2D eigenvalue weighted by atomic mass is 15.1. The second kappa shape index (κ2) is 5.83. The van der Waals surface area contributed by atoms with Gasteiger partial charge in [0.2, 0.25) is 0 Å². The molecule has 3 rings (SSSR count). The number of hydrogen-bond acceptors (Lipinski definition) is 3. The number of hydrogen-bond donors (Lipinski definition) is 2. The Balaban J connectivity index is 1.61. The number of H-pyrrole nitrogens is 1. The van der Waals surface area contributed by atoms with Crippen LogP contribution < -0.4 is 5.32 Å². The predicted molar refractivity (Wildman–Crippen MR) is 84.0 cm³/mol. The molecule has 4 nitrogen and oxygen atoms in total. The summed E-state index contributed by atoms with van der Waals surface area (Å²) in [5, 5.41) is 12.0. The number of aromatic nitrogens is 2. The van der Waals surface area contributed by atoms with Crippen molar-refractivity contribution in [3.63, 3.8) is 0 Å². The third kappa shape index (κ3) is 2.96. The highest BCUT2D eigenvalue weighted by Gasteiger charge is 2.19. The maximum absolute atomic E-state index is 4.13. The lowest BCUT2D eigenvalue weighted by Crippen LogP contribution is -2.40. The maximum Gasteiger partial charge on any atom is 0.0671 e. The molecule has 0 unspecified atom stereocenters. The van der Waals surface area contributed by atoms with Crippen molar-refractivity contribution in [2.24, 2.45) is 5.92 Å². The minimum absolute atomic E-state index is 0.582. The Morgan fingerprint density at radius 2 is 2.15 bits per heavy atom. The molecular formula is C16H24N4. The Labute approximate surface area is 120 Å². The summed E-state index contributed by atoms with van der Waals surface area (Å²) in [5.41, 5.74) is 2.31. The van der Waals surface area contributed by atoms with Crippen LogP contribution in [0.3, 0.4) is 0 Å². The quantitative estimate of drug-likeness (QED) is 0.899. The predicted octanol–water partition coefficient (Wildman–Crippen LogP) is 3.10. The van der Waals surface area contributed by atoms with E-state index in [1.54, 1.807) is 0 Å². The van der Waals surface area contributed by atoms with E-state index in [4.69, 9.17) is 0 Å². The Hall–Kier alpha value is -1.55. The molecule has 0 saturated carbocycles. The first-order valence-electron chi connectivity index (χ1n) is 7.63. The van der Waals surface area contributed by atoms with Crippen molar-refractivity contribution in [1.82, 2.24) is 15.1 Å². The minimum Gasteiger partial charge on any atom is -0.382 e. The molecule has 0 atom stereocenters. The fraction of sp³-hybridized carbons (Fsp3) is 0.562. The van der Waals surface area contributed by atoms with Crippen molar-refractivity contribution >= 4 is 16.6 Å². The summed E-state index contributed by atoms with van der Waals surface area (Å²) < 4.78 is 0. The summed E-state index contributed by atoms with van der Waals surface area (Å²) in [6.45, 7) is 8.23. The average Bonchev–Trinajstić information content (AvgIpc) is 2.90. The molecular weight excluding hydrogens is 248 g/mol. The van der Waals surface area contributed by atoms with Gasteiger partial charge in [-0.2, -0.15) is 5.10 Å². The summed E-state index contributed by atoms with van der Waals surface area (Å²) in [5.74, 6) is 0.763. The van der Waals surface area contributed by atoms with Gasteiger partial charge in [-0.3, -0.25) is 5.10 Å². The van der Waals surface area contributed by atoms with Crippen molar-refractivity contribution in [1.29, 1.82) is 0 Å². The molecule has 0 amide bonds. The van der Waals surface area contributed by atoms with E-state index >= 15 is 0 Å². The van der Waals surface area contributed by atoms with Gasteiger partial charge >= 0.3 is 0 Å². The van der Waals surface area contributed by atoms with Crippen LogP contribution in [0.1, 0.15) is 26.7 Å². The summed E-state index contributed by atoms with van der Waals surface area (Å²) in [4.78, 5) is 2.58. The molecule has 0 spiro atoms.